The third-order valence-electron chi connectivity index (χ3n) is 4.45. The number of amides is 2. The Bertz CT molecular complexity index is 647. The van der Waals surface area contributed by atoms with E-state index in [1.165, 1.54) is 0 Å². The van der Waals surface area contributed by atoms with Crippen molar-refractivity contribution in [2.45, 2.75) is 45.5 Å². The summed E-state index contributed by atoms with van der Waals surface area (Å²) in [7, 11) is 0. The Morgan fingerprint density at radius 3 is 2.66 bits per heavy atom. The fourth-order valence-electron chi connectivity index (χ4n) is 2.99. The molecule has 0 bridgehead atoms. The van der Waals surface area contributed by atoms with E-state index in [1.807, 2.05) is 51.1 Å². The molecule has 2 unspecified atom stereocenters. The average molecular weight is 408 g/mol. The van der Waals surface area contributed by atoms with Gasteiger partial charge in [0.05, 0.1) is 6.10 Å². The van der Waals surface area contributed by atoms with E-state index >= 15 is 0 Å². The molecule has 1 aromatic carbocycles. The van der Waals surface area contributed by atoms with Crippen LogP contribution >= 0.6 is 0 Å². The van der Waals surface area contributed by atoms with Crippen LogP contribution in [-0.2, 0) is 16.1 Å². The first-order valence-electron chi connectivity index (χ1n) is 10.0. The zero-order valence-electron chi connectivity index (χ0n) is 17.5. The Kier molecular flexibility index (Phi) is 8.72. The van der Waals surface area contributed by atoms with Gasteiger partial charge in [-0.3, -0.25) is 0 Å². The Balaban J connectivity index is 1.55. The molecule has 162 valence electrons. The van der Waals surface area contributed by atoms with Gasteiger partial charge in [-0.05, 0) is 45.2 Å². The summed E-state index contributed by atoms with van der Waals surface area (Å²) in [5.41, 5.74) is 0.411. The van der Waals surface area contributed by atoms with Gasteiger partial charge in [-0.25, -0.2) is 9.59 Å². The van der Waals surface area contributed by atoms with Gasteiger partial charge in [0.1, 0.15) is 12.2 Å². The molecule has 2 amide bonds. The van der Waals surface area contributed by atoms with E-state index in [0.29, 0.717) is 32.1 Å². The minimum Gasteiger partial charge on any atom is -0.445 e. The molecule has 1 heterocycles. The summed E-state index contributed by atoms with van der Waals surface area (Å²) in [6.07, 6.45) is -0.663. The van der Waals surface area contributed by atoms with E-state index in [9.17, 15) is 14.7 Å². The minimum atomic E-state index is -0.720. The Hall–Kier alpha value is -2.32. The van der Waals surface area contributed by atoms with E-state index in [0.717, 1.165) is 12.0 Å². The molecule has 1 aliphatic rings. The predicted molar refractivity (Wildman–Crippen MR) is 109 cm³/mol. The maximum Gasteiger partial charge on any atom is 0.410 e. The number of alkyl carbamates (subject to hydrolysis) is 1. The lowest BCUT2D eigenvalue weighted by molar-refractivity contribution is 0.0288. The molecule has 0 aliphatic carbocycles. The van der Waals surface area contributed by atoms with Crippen LogP contribution in [-0.4, -0.2) is 66.6 Å². The molecule has 0 saturated carbocycles. The van der Waals surface area contributed by atoms with Gasteiger partial charge in [0, 0.05) is 26.2 Å². The molecule has 0 spiro atoms. The standard InChI is InChI=1S/C21H33N3O5/c1-21(2,3)29-20(27)24-10-9-17(14-24)11-22-12-18(25)13-23-19(26)28-15-16-7-5-4-6-8-16/h4-8,17-18,22,25H,9-15H2,1-3H3,(H,23,26). The topological polar surface area (TPSA) is 100 Å². The van der Waals surface area contributed by atoms with Crippen LogP contribution in [0.25, 0.3) is 0 Å². The second kappa shape index (κ2) is 11.0. The van der Waals surface area contributed by atoms with E-state index in [2.05, 4.69) is 10.6 Å². The van der Waals surface area contributed by atoms with E-state index in [4.69, 9.17) is 9.47 Å². The fourth-order valence-corrected chi connectivity index (χ4v) is 2.99. The number of hydrogen-bond acceptors (Lipinski definition) is 6. The number of nitrogens with zero attached hydrogens (tertiary/aromatic N) is 1. The maximum absolute atomic E-state index is 12.1. The van der Waals surface area contributed by atoms with E-state index in [1.54, 1.807) is 4.90 Å². The van der Waals surface area contributed by atoms with Crippen LogP contribution in [0.2, 0.25) is 0 Å². The van der Waals surface area contributed by atoms with Crippen LogP contribution in [0, 0.1) is 5.92 Å². The van der Waals surface area contributed by atoms with Crippen molar-refractivity contribution in [1.29, 1.82) is 0 Å². The number of hydrogen-bond donors (Lipinski definition) is 3. The van der Waals surface area contributed by atoms with Gasteiger partial charge in [0.15, 0.2) is 0 Å². The molecular weight excluding hydrogens is 374 g/mol. The number of aliphatic hydroxyl groups excluding tert-OH is 1. The summed E-state index contributed by atoms with van der Waals surface area (Å²) < 4.78 is 10.5. The SMILES string of the molecule is CC(C)(C)OC(=O)N1CCC(CNCC(O)CNC(=O)OCc2ccccc2)C1. The molecule has 29 heavy (non-hydrogen) atoms. The Labute approximate surface area is 172 Å². The van der Waals surface area contributed by atoms with Crippen LogP contribution in [0.15, 0.2) is 30.3 Å². The summed E-state index contributed by atoms with van der Waals surface area (Å²) >= 11 is 0. The van der Waals surface area contributed by atoms with Crippen molar-refractivity contribution >= 4 is 12.2 Å². The summed E-state index contributed by atoms with van der Waals surface area (Å²) in [5.74, 6) is 0.318. The van der Waals surface area contributed by atoms with Gasteiger partial charge >= 0.3 is 12.2 Å². The summed E-state index contributed by atoms with van der Waals surface area (Å²) in [4.78, 5) is 25.5. The lowest BCUT2D eigenvalue weighted by Crippen LogP contribution is -2.40. The third-order valence-corrected chi connectivity index (χ3v) is 4.45. The quantitative estimate of drug-likeness (QED) is 0.610. The van der Waals surface area contributed by atoms with Crippen molar-refractivity contribution in [3.8, 4) is 0 Å². The van der Waals surface area contributed by atoms with Gasteiger partial charge < -0.3 is 30.1 Å². The molecule has 0 aromatic heterocycles. The van der Waals surface area contributed by atoms with Gasteiger partial charge in [-0.15, -0.1) is 0 Å². The van der Waals surface area contributed by atoms with Crippen molar-refractivity contribution in [3.63, 3.8) is 0 Å². The first-order chi connectivity index (χ1) is 13.7. The largest absolute Gasteiger partial charge is 0.445 e. The van der Waals surface area contributed by atoms with Gasteiger partial charge in [0.25, 0.3) is 0 Å². The molecule has 1 fully saturated rings. The molecule has 2 rings (SSSR count). The minimum absolute atomic E-state index is 0.106. The van der Waals surface area contributed by atoms with Crippen molar-refractivity contribution in [2.75, 3.05) is 32.7 Å². The number of benzene rings is 1. The van der Waals surface area contributed by atoms with Crippen LogP contribution in [0.1, 0.15) is 32.8 Å². The van der Waals surface area contributed by atoms with Gasteiger partial charge in [-0.1, -0.05) is 30.3 Å². The normalized spacial score (nSPS) is 17.7. The number of nitrogens with one attached hydrogen (secondary N) is 2. The van der Waals surface area contributed by atoms with E-state index < -0.39 is 17.8 Å². The van der Waals surface area contributed by atoms with Crippen LogP contribution in [0.5, 0.6) is 0 Å². The molecule has 2 atom stereocenters. The molecule has 1 saturated heterocycles. The smallest absolute Gasteiger partial charge is 0.410 e. The van der Waals surface area contributed by atoms with Crippen molar-refractivity contribution in [2.24, 2.45) is 5.92 Å². The number of rotatable bonds is 8. The molecular formula is C21H33N3O5. The second-order valence-electron chi connectivity index (χ2n) is 8.34. The van der Waals surface area contributed by atoms with Crippen LogP contribution < -0.4 is 10.6 Å². The Morgan fingerprint density at radius 1 is 1.24 bits per heavy atom. The third kappa shape index (κ3) is 9.15. The number of likely N-dealkylation sites (tertiary alicyclic amines) is 1. The first-order valence-corrected chi connectivity index (χ1v) is 10.0. The molecule has 8 nitrogen and oxygen atoms in total. The zero-order chi connectivity index (χ0) is 21.3. The highest BCUT2D eigenvalue weighted by atomic mass is 16.6. The van der Waals surface area contributed by atoms with Crippen molar-refractivity contribution in [3.05, 3.63) is 35.9 Å². The number of carbonyl (C=O) groups is 2. The summed E-state index contributed by atoms with van der Waals surface area (Å²) in [5, 5.41) is 15.8. The van der Waals surface area contributed by atoms with Gasteiger partial charge in [0.2, 0.25) is 0 Å². The second-order valence-corrected chi connectivity index (χ2v) is 8.34. The molecule has 0 radical (unpaired) electrons. The predicted octanol–water partition coefficient (Wildman–Crippen LogP) is 2.12. The fraction of sp³-hybridized carbons (Fsp3) is 0.619. The summed E-state index contributed by atoms with van der Waals surface area (Å²) in [6, 6.07) is 9.40. The monoisotopic (exact) mass is 407 g/mol. The number of ether oxygens (including phenoxy) is 2. The lowest BCUT2D eigenvalue weighted by atomic mass is 10.1. The average Bonchev–Trinajstić information content (AvgIpc) is 3.13. The highest BCUT2D eigenvalue weighted by Gasteiger charge is 2.29. The summed E-state index contributed by atoms with van der Waals surface area (Å²) in [6.45, 7) is 8.22. The molecule has 1 aliphatic heterocycles. The van der Waals surface area contributed by atoms with Crippen molar-refractivity contribution in [1.82, 2.24) is 15.5 Å². The number of carbonyl (C=O) groups excluding carboxylic acids is 2. The molecule has 1 aromatic rings. The highest BCUT2D eigenvalue weighted by Crippen LogP contribution is 2.18. The van der Waals surface area contributed by atoms with Crippen LogP contribution in [0.3, 0.4) is 0 Å². The lowest BCUT2D eigenvalue weighted by Gasteiger charge is -2.24. The van der Waals surface area contributed by atoms with E-state index in [-0.39, 0.29) is 19.2 Å². The van der Waals surface area contributed by atoms with Crippen LogP contribution in [0.4, 0.5) is 9.59 Å². The molecule has 8 heteroatoms. The Morgan fingerprint density at radius 2 is 1.97 bits per heavy atom. The molecule has 3 N–H and O–H groups in total. The zero-order valence-corrected chi connectivity index (χ0v) is 17.5. The first kappa shape index (κ1) is 23.0. The van der Waals surface area contributed by atoms with Crippen molar-refractivity contribution < 1.29 is 24.2 Å². The highest BCUT2D eigenvalue weighted by molar-refractivity contribution is 5.68. The van der Waals surface area contributed by atoms with Gasteiger partial charge in [-0.2, -0.15) is 0 Å². The number of aliphatic hydroxyl groups is 1. The maximum atomic E-state index is 12.1.